The van der Waals surface area contributed by atoms with Crippen LogP contribution in [0.15, 0.2) is 11.6 Å². The lowest BCUT2D eigenvalue weighted by atomic mass is 10.3. The van der Waals surface area contributed by atoms with Crippen molar-refractivity contribution in [1.29, 1.82) is 0 Å². The molecule has 16 heavy (non-hydrogen) atoms. The van der Waals surface area contributed by atoms with E-state index in [9.17, 15) is 0 Å². The third-order valence-electron chi connectivity index (χ3n) is 3.29. The van der Waals surface area contributed by atoms with Crippen LogP contribution in [0.2, 0.25) is 5.15 Å². The molecule has 2 aromatic heterocycles. The van der Waals surface area contributed by atoms with Crippen molar-refractivity contribution < 1.29 is 0 Å². The van der Waals surface area contributed by atoms with Gasteiger partial charge in [-0.3, -0.25) is 4.40 Å². The van der Waals surface area contributed by atoms with Gasteiger partial charge in [-0.15, -0.1) is 11.3 Å². The van der Waals surface area contributed by atoms with E-state index in [1.165, 1.54) is 6.42 Å². The molecule has 2 atom stereocenters. The quantitative estimate of drug-likeness (QED) is 0.910. The third-order valence-corrected chi connectivity index (χ3v) is 4.35. The lowest BCUT2D eigenvalue weighted by Crippen LogP contribution is -2.17. The van der Waals surface area contributed by atoms with Crippen molar-refractivity contribution in [2.75, 3.05) is 6.54 Å². The Bertz CT molecular complexity index is 504. The van der Waals surface area contributed by atoms with Crippen LogP contribution in [0.25, 0.3) is 4.96 Å². The fraction of sp³-hybridized carbons (Fsp3) is 0.545. The number of hydrogen-bond acceptors (Lipinski definition) is 3. The fourth-order valence-electron chi connectivity index (χ4n) is 2.02. The Morgan fingerprint density at radius 2 is 2.50 bits per heavy atom. The summed E-state index contributed by atoms with van der Waals surface area (Å²) in [5.74, 6) is 1.76. The number of imidazole rings is 1. The largest absolute Gasteiger partial charge is 0.311 e. The standard InChI is InChI=1S/C11H14ClN3S/c1-7-4-8(7)5-13-6-9-10(12)14-11-15(9)2-3-16-11/h2-3,7-8,13H,4-6H2,1H3. The van der Waals surface area contributed by atoms with Crippen LogP contribution >= 0.6 is 22.9 Å². The summed E-state index contributed by atoms with van der Waals surface area (Å²) in [6.45, 7) is 4.20. The van der Waals surface area contributed by atoms with Gasteiger partial charge in [0.2, 0.25) is 0 Å². The first-order valence-corrected chi connectivity index (χ1v) is 6.82. The molecule has 1 fully saturated rings. The summed E-state index contributed by atoms with van der Waals surface area (Å²) < 4.78 is 2.07. The lowest BCUT2D eigenvalue weighted by Gasteiger charge is -2.03. The molecule has 1 saturated carbocycles. The predicted molar refractivity (Wildman–Crippen MR) is 67.1 cm³/mol. The normalized spacial score (nSPS) is 24.1. The molecule has 0 radical (unpaired) electrons. The van der Waals surface area contributed by atoms with Gasteiger partial charge in [0.1, 0.15) is 0 Å². The van der Waals surface area contributed by atoms with Gasteiger partial charge >= 0.3 is 0 Å². The summed E-state index contributed by atoms with van der Waals surface area (Å²) in [7, 11) is 0. The van der Waals surface area contributed by atoms with E-state index in [1.807, 2.05) is 11.6 Å². The van der Waals surface area contributed by atoms with Crippen molar-refractivity contribution >= 4 is 27.9 Å². The predicted octanol–water partition coefficient (Wildman–Crippen LogP) is 2.79. The van der Waals surface area contributed by atoms with Crippen LogP contribution in [0.5, 0.6) is 0 Å². The molecule has 1 aliphatic rings. The zero-order valence-electron chi connectivity index (χ0n) is 9.11. The van der Waals surface area contributed by atoms with Crippen molar-refractivity contribution in [2.45, 2.75) is 19.9 Å². The van der Waals surface area contributed by atoms with E-state index in [0.717, 1.165) is 35.6 Å². The molecule has 3 rings (SSSR count). The molecule has 0 aromatic carbocycles. The number of nitrogens with one attached hydrogen (secondary N) is 1. The highest BCUT2D eigenvalue weighted by Gasteiger charge is 2.31. The van der Waals surface area contributed by atoms with Crippen LogP contribution in [-0.4, -0.2) is 15.9 Å². The summed E-state index contributed by atoms with van der Waals surface area (Å²) in [4.78, 5) is 5.28. The molecule has 0 saturated heterocycles. The third kappa shape index (κ3) is 1.85. The number of nitrogens with zero attached hydrogens (tertiary/aromatic N) is 2. The molecule has 0 spiro atoms. The van der Waals surface area contributed by atoms with Gasteiger partial charge in [-0.1, -0.05) is 18.5 Å². The second kappa shape index (κ2) is 4.02. The Labute approximate surface area is 103 Å². The van der Waals surface area contributed by atoms with E-state index < -0.39 is 0 Å². The maximum Gasteiger partial charge on any atom is 0.195 e. The Morgan fingerprint density at radius 3 is 3.25 bits per heavy atom. The summed E-state index contributed by atoms with van der Waals surface area (Å²) in [6, 6.07) is 0. The first-order valence-electron chi connectivity index (χ1n) is 5.56. The number of hydrogen-bond donors (Lipinski definition) is 1. The fourth-order valence-corrected chi connectivity index (χ4v) is 3.04. The molecule has 3 nitrogen and oxygen atoms in total. The molecule has 0 amide bonds. The highest BCUT2D eigenvalue weighted by atomic mass is 35.5. The van der Waals surface area contributed by atoms with E-state index in [4.69, 9.17) is 11.6 Å². The molecule has 1 N–H and O–H groups in total. The highest BCUT2D eigenvalue weighted by Crippen LogP contribution is 2.36. The second-order valence-corrected chi connectivity index (χ2v) is 5.74. The van der Waals surface area contributed by atoms with Crippen LogP contribution < -0.4 is 5.32 Å². The molecular formula is C11H14ClN3S. The SMILES string of the molecule is CC1CC1CNCc1c(Cl)nc2sccn12. The maximum absolute atomic E-state index is 6.10. The highest BCUT2D eigenvalue weighted by molar-refractivity contribution is 7.15. The average Bonchev–Trinajstić information content (AvgIpc) is 2.67. The Kier molecular flexibility index (Phi) is 2.65. The molecule has 0 bridgehead atoms. The molecule has 1 aliphatic carbocycles. The number of aromatic nitrogens is 2. The van der Waals surface area contributed by atoms with Gasteiger partial charge in [0.05, 0.1) is 5.69 Å². The molecule has 2 aromatic rings. The molecule has 86 valence electrons. The number of thiazole rings is 1. The van der Waals surface area contributed by atoms with Crippen molar-refractivity contribution in [3.05, 3.63) is 22.4 Å². The van der Waals surface area contributed by atoms with Gasteiger partial charge in [-0.05, 0) is 24.8 Å². The van der Waals surface area contributed by atoms with Crippen molar-refractivity contribution in [3.8, 4) is 0 Å². The topological polar surface area (TPSA) is 29.3 Å². The van der Waals surface area contributed by atoms with E-state index in [-0.39, 0.29) is 0 Å². The smallest absolute Gasteiger partial charge is 0.195 e. The van der Waals surface area contributed by atoms with Crippen molar-refractivity contribution in [2.24, 2.45) is 11.8 Å². The first-order chi connectivity index (χ1) is 7.75. The van der Waals surface area contributed by atoms with Crippen molar-refractivity contribution in [3.63, 3.8) is 0 Å². The first kappa shape index (κ1) is 10.6. The lowest BCUT2D eigenvalue weighted by molar-refractivity contribution is 0.604. The van der Waals surface area contributed by atoms with Gasteiger partial charge in [-0.2, -0.15) is 0 Å². The summed E-state index contributed by atoms with van der Waals surface area (Å²) in [6.07, 6.45) is 3.39. The van der Waals surface area contributed by atoms with Gasteiger partial charge in [0.25, 0.3) is 0 Å². The molecular weight excluding hydrogens is 242 g/mol. The van der Waals surface area contributed by atoms with E-state index in [1.54, 1.807) is 11.3 Å². The summed E-state index contributed by atoms with van der Waals surface area (Å²) in [5.41, 5.74) is 1.08. The Hall–Kier alpha value is -0.580. The number of halogens is 1. The minimum atomic E-state index is 0.628. The van der Waals surface area contributed by atoms with Gasteiger partial charge in [-0.25, -0.2) is 4.98 Å². The zero-order chi connectivity index (χ0) is 11.1. The minimum absolute atomic E-state index is 0.628. The number of rotatable bonds is 4. The van der Waals surface area contributed by atoms with E-state index >= 15 is 0 Å². The van der Waals surface area contributed by atoms with Gasteiger partial charge < -0.3 is 5.32 Å². The van der Waals surface area contributed by atoms with Gasteiger partial charge in [0, 0.05) is 18.1 Å². The Balaban J connectivity index is 1.68. The summed E-state index contributed by atoms with van der Waals surface area (Å²) >= 11 is 7.72. The number of fused-ring (bicyclic) bond motifs is 1. The Morgan fingerprint density at radius 1 is 1.69 bits per heavy atom. The van der Waals surface area contributed by atoms with Crippen LogP contribution in [0.1, 0.15) is 19.0 Å². The summed E-state index contributed by atoms with van der Waals surface area (Å²) in [5, 5.41) is 6.12. The van der Waals surface area contributed by atoms with Crippen LogP contribution in [0.4, 0.5) is 0 Å². The molecule has 0 aliphatic heterocycles. The van der Waals surface area contributed by atoms with Crippen LogP contribution in [0, 0.1) is 11.8 Å². The zero-order valence-corrected chi connectivity index (χ0v) is 10.7. The van der Waals surface area contributed by atoms with Gasteiger partial charge in [0.15, 0.2) is 10.1 Å². The minimum Gasteiger partial charge on any atom is -0.311 e. The molecule has 2 unspecified atom stereocenters. The second-order valence-electron chi connectivity index (χ2n) is 4.51. The van der Waals surface area contributed by atoms with E-state index in [0.29, 0.717) is 5.15 Å². The average molecular weight is 256 g/mol. The maximum atomic E-state index is 6.10. The van der Waals surface area contributed by atoms with Crippen LogP contribution in [0.3, 0.4) is 0 Å². The monoisotopic (exact) mass is 255 g/mol. The molecule has 5 heteroatoms. The van der Waals surface area contributed by atoms with Crippen molar-refractivity contribution in [1.82, 2.24) is 14.7 Å². The van der Waals surface area contributed by atoms with E-state index in [2.05, 4.69) is 21.6 Å². The van der Waals surface area contributed by atoms with Crippen LogP contribution in [-0.2, 0) is 6.54 Å². The molecule has 2 heterocycles.